The van der Waals surface area contributed by atoms with Gasteiger partial charge in [-0.25, -0.2) is 9.78 Å². The SMILES string of the molecule is Cc1cc(C)c(C#N)c(N2CCCC(N(C)C(=O)N3CCOCC3)C2)n1. The van der Waals surface area contributed by atoms with Gasteiger partial charge in [0.05, 0.1) is 24.8 Å². The summed E-state index contributed by atoms with van der Waals surface area (Å²) in [6, 6.07) is 4.42. The van der Waals surface area contributed by atoms with Gasteiger partial charge in [-0.3, -0.25) is 0 Å². The normalized spacial score (nSPS) is 20.6. The number of carbonyl (C=O) groups excluding carboxylic acids is 1. The minimum absolute atomic E-state index is 0.0639. The number of hydrogen-bond acceptors (Lipinski definition) is 5. The first-order valence-corrected chi connectivity index (χ1v) is 9.24. The largest absolute Gasteiger partial charge is 0.378 e. The van der Waals surface area contributed by atoms with Gasteiger partial charge >= 0.3 is 6.03 Å². The highest BCUT2D eigenvalue weighted by molar-refractivity contribution is 5.74. The standard InChI is InChI=1S/C19H27N5O2/c1-14-11-15(2)21-18(17(14)12-20)24-6-4-5-16(13-24)22(3)19(25)23-7-9-26-10-8-23/h11,16H,4-10,13H2,1-3H3. The maximum absolute atomic E-state index is 12.8. The molecule has 0 aliphatic carbocycles. The highest BCUT2D eigenvalue weighted by Crippen LogP contribution is 2.26. The van der Waals surface area contributed by atoms with Crippen molar-refractivity contribution in [2.75, 3.05) is 51.3 Å². The minimum atomic E-state index is 0.0639. The van der Waals surface area contributed by atoms with Gasteiger partial charge in [0, 0.05) is 38.9 Å². The fraction of sp³-hybridized carbons (Fsp3) is 0.632. The third kappa shape index (κ3) is 3.75. The van der Waals surface area contributed by atoms with Gasteiger partial charge in [-0.05, 0) is 38.3 Å². The topological polar surface area (TPSA) is 72.7 Å². The lowest BCUT2D eigenvalue weighted by atomic mass is 10.0. The van der Waals surface area contributed by atoms with E-state index in [0.29, 0.717) is 38.4 Å². The van der Waals surface area contributed by atoms with E-state index in [9.17, 15) is 10.1 Å². The van der Waals surface area contributed by atoms with Crippen LogP contribution in [0.4, 0.5) is 10.6 Å². The monoisotopic (exact) mass is 357 g/mol. The first-order valence-electron chi connectivity index (χ1n) is 9.24. The summed E-state index contributed by atoms with van der Waals surface area (Å²) >= 11 is 0. The van der Waals surface area contributed by atoms with Gasteiger partial charge in [-0.15, -0.1) is 0 Å². The molecule has 1 atom stereocenters. The number of hydrogen-bond donors (Lipinski definition) is 0. The molecule has 1 aromatic heterocycles. The third-order valence-electron chi connectivity index (χ3n) is 5.26. The fourth-order valence-corrected chi connectivity index (χ4v) is 3.78. The molecule has 3 rings (SSSR count). The van der Waals surface area contributed by atoms with E-state index in [-0.39, 0.29) is 12.1 Å². The fourth-order valence-electron chi connectivity index (χ4n) is 3.78. The summed E-state index contributed by atoms with van der Waals surface area (Å²) in [6.07, 6.45) is 1.95. The van der Waals surface area contributed by atoms with E-state index >= 15 is 0 Å². The Morgan fingerprint density at radius 2 is 2.08 bits per heavy atom. The molecule has 0 radical (unpaired) electrons. The zero-order valence-corrected chi connectivity index (χ0v) is 15.9. The van der Waals surface area contributed by atoms with Crippen LogP contribution >= 0.6 is 0 Å². The third-order valence-corrected chi connectivity index (χ3v) is 5.26. The van der Waals surface area contributed by atoms with Crippen molar-refractivity contribution in [1.82, 2.24) is 14.8 Å². The van der Waals surface area contributed by atoms with Crippen LogP contribution in [0.5, 0.6) is 0 Å². The lowest BCUT2D eigenvalue weighted by Gasteiger charge is -2.40. The van der Waals surface area contributed by atoms with Crippen molar-refractivity contribution in [3.8, 4) is 6.07 Å². The van der Waals surface area contributed by atoms with Crippen molar-refractivity contribution in [2.45, 2.75) is 32.7 Å². The molecule has 26 heavy (non-hydrogen) atoms. The zero-order chi connectivity index (χ0) is 18.7. The number of urea groups is 1. The Morgan fingerprint density at radius 1 is 1.35 bits per heavy atom. The Morgan fingerprint density at radius 3 is 2.77 bits per heavy atom. The van der Waals surface area contributed by atoms with Crippen molar-refractivity contribution in [3.63, 3.8) is 0 Å². The van der Waals surface area contributed by atoms with Crippen LogP contribution < -0.4 is 4.90 Å². The summed E-state index contributed by atoms with van der Waals surface area (Å²) in [7, 11) is 1.88. The van der Waals surface area contributed by atoms with Gasteiger partial charge in [0.15, 0.2) is 0 Å². The molecule has 140 valence electrons. The lowest BCUT2D eigenvalue weighted by Crippen LogP contribution is -2.54. The molecule has 2 aliphatic rings. The molecule has 0 saturated carbocycles. The molecular weight excluding hydrogens is 330 g/mol. The van der Waals surface area contributed by atoms with Crippen LogP contribution in [-0.4, -0.2) is 73.3 Å². The Balaban J connectivity index is 1.75. The molecule has 0 aromatic carbocycles. The average Bonchev–Trinajstić information content (AvgIpc) is 2.67. The smallest absolute Gasteiger partial charge is 0.320 e. The molecular formula is C19H27N5O2. The summed E-state index contributed by atoms with van der Waals surface area (Å²) in [5.74, 6) is 0.752. The lowest BCUT2D eigenvalue weighted by molar-refractivity contribution is 0.0414. The highest BCUT2D eigenvalue weighted by Gasteiger charge is 2.31. The van der Waals surface area contributed by atoms with Crippen LogP contribution in [0.15, 0.2) is 6.07 Å². The van der Waals surface area contributed by atoms with Crippen molar-refractivity contribution in [2.24, 2.45) is 0 Å². The Hall–Kier alpha value is -2.33. The molecule has 2 aliphatic heterocycles. The van der Waals surface area contributed by atoms with Crippen LogP contribution in [0.1, 0.15) is 29.7 Å². The van der Waals surface area contributed by atoms with Crippen LogP contribution in [-0.2, 0) is 4.74 Å². The number of likely N-dealkylation sites (N-methyl/N-ethyl adjacent to an activating group) is 1. The number of nitrogens with zero attached hydrogens (tertiary/aromatic N) is 5. The summed E-state index contributed by atoms with van der Waals surface area (Å²) in [6.45, 7) is 7.98. The minimum Gasteiger partial charge on any atom is -0.378 e. The van der Waals surface area contributed by atoms with Gasteiger partial charge in [0.2, 0.25) is 0 Å². The van der Waals surface area contributed by atoms with Crippen molar-refractivity contribution < 1.29 is 9.53 Å². The second-order valence-electron chi connectivity index (χ2n) is 7.13. The molecule has 7 nitrogen and oxygen atoms in total. The molecule has 3 heterocycles. The Labute approximate surface area is 155 Å². The summed E-state index contributed by atoms with van der Waals surface area (Å²) in [5.41, 5.74) is 2.50. The van der Waals surface area contributed by atoms with Crippen molar-refractivity contribution >= 4 is 11.8 Å². The predicted molar refractivity (Wildman–Crippen MR) is 99.2 cm³/mol. The van der Waals surface area contributed by atoms with Crippen LogP contribution in [0.25, 0.3) is 0 Å². The number of ether oxygens (including phenoxy) is 1. The summed E-state index contributed by atoms with van der Waals surface area (Å²) in [5, 5.41) is 9.55. The average molecular weight is 357 g/mol. The molecule has 7 heteroatoms. The first-order chi connectivity index (χ1) is 12.5. The number of rotatable bonds is 2. The van der Waals surface area contributed by atoms with E-state index in [2.05, 4.69) is 16.0 Å². The number of aryl methyl sites for hydroxylation is 2. The van der Waals surface area contributed by atoms with Crippen LogP contribution in [0.3, 0.4) is 0 Å². The number of anilines is 1. The van der Waals surface area contributed by atoms with Gasteiger partial charge in [0.25, 0.3) is 0 Å². The van der Waals surface area contributed by atoms with Crippen LogP contribution in [0, 0.1) is 25.2 Å². The van der Waals surface area contributed by atoms with Crippen molar-refractivity contribution in [1.29, 1.82) is 5.26 Å². The molecule has 0 bridgehead atoms. The second-order valence-corrected chi connectivity index (χ2v) is 7.13. The molecule has 2 fully saturated rings. The molecule has 1 unspecified atom stereocenters. The number of pyridine rings is 1. The van der Waals surface area contributed by atoms with Gasteiger partial charge in [-0.2, -0.15) is 5.26 Å². The number of aromatic nitrogens is 1. The first kappa shape index (κ1) is 18.5. The number of nitriles is 1. The van der Waals surface area contributed by atoms with E-state index in [1.165, 1.54) is 0 Å². The second kappa shape index (κ2) is 7.92. The number of carbonyl (C=O) groups is 1. The Bertz CT molecular complexity index is 709. The quantitative estimate of drug-likeness (QED) is 0.809. The predicted octanol–water partition coefficient (Wildman–Crippen LogP) is 1.92. The molecule has 0 N–H and O–H groups in total. The van der Waals surface area contributed by atoms with E-state index in [4.69, 9.17) is 4.74 Å². The highest BCUT2D eigenvalue weighted by atomic mass is 16.5. The molecule has 2 amide bonds. The number of amides is 2. The molecule has 1 aromatic rings. The van der Waals surface area contributed by atoms with Gasteiger partial charge in [-0.1, -0.05) is 0 Å². The number of morpholine rings is 1. The van der Waals surface area contributed by atoms with Crippen LogP contribution in [0.2, 0.25) is 0 Å². The van der Waals surface area contributed by atoms with E-state index in [1.54, 1.807) is 0 Å². The zero-order valence-electron chi connectivity index (χ0n) is 15.9. The molecule has 2 saturated heterocycles. The van der Waals surface area contributed by atoms with Crippen molar-refractivity contribution in [3.05, 3.63) is 22.9 Å². The van der Waals surface area contributed by atoms with Gasteiger partial charge in [0.1, 0.15) is 11.9 Å². The van der Waals surface area contributed by atoms with Gasteiger partial charge < -0.3 is 19.4 Å². The van der Waals surface area contributed by atoms with E-state index in [1.807, 2.05) is 36.8 Å². The maximum atomic E-state index is 12.8. The Kier molecular flexibility index (Phi) is 5.62. The summed E-state index contributed by atoms with van der Waals surface area (Å²) in [4.78, 5) is 23.3. The number of piperidine rings is 1. The van der Waals surface area contributed by atoms with E-state index in [0.717, 1.165) is 36.5 Å². The summed E-state index contributed by atoms with van der Waals surface area (Å²) < 4.78 is 5.34. The van der Waals surface area contributed by atoms with E-state index < -0.39 is 0 Å². The maximum Gasteiger partial charge on any atom is 0.320 e. The molecule has 0 spiro atoms.